The molecule has 0 aliphatic rings. The van der Waals surface area contributed by atoms with Crippen molar-refractivity contribution in [3.63, 3.8) is 0 Å². The first-order chi connectivity index (χ1) is 7.06. The van der Waals surface area contributed by atoms with Gasteiger partial charge in [-0.25, -0.2) is 0 Å². The van der Waals surface area contributed by atoms with Crippen LogP contribution in [0.25, 0.3) is 0 Å². The third kappa shape index (κ3) is 8.93. The molecule has 0 unspecified atom stereocenters. The lowest BCUT2D eigenvalue weighted by Crippen LogP contribution is -2.10. The molecule has 1 amide bonds. The van der Waals surface area contributed by atoms with Gasteiger partial charge in [0.15, 0.2) is 0 Å². The molecule has 0 atom stereocenters. The van der Waals surface area contributed by atoms with E-state index in [0.717, 1.165) is 6.42 Å². The molecule has 0 heterocycles. The molecular weight excluding hydrogens is 198 g/mol. The van der Waals surface area contributed by atoms with Crippen LogP contribution in [0.2, 0.25) is 0 Å². The lowest BCUT2D eigenvalue weighted by Gasteiger charge is -1.99. The summed E-state index contributed by atoms with van der Waals surface area (Å²) in [6.45, 7) is 0. The average Bonchev–Trinajstić information content (AvgIpc) is 2.16. The van der Waals surface area contributed by atoms with Gasteiger partial charge in [0.2, 0.25) is 5.91 Å². The zero-order valence-electron chi connectivity index (χ0n) is 8.95. The number of ether oxygens (including phenoxy) is 1. The van der Waals surface area contributed by atoms with Gasteiger partial charge in [-0.3, -0.25) is 14.4 Å². The highest BCUT2D eigenvalue weighted by atomic mass is 16.5. The molecule has 0 radical (unpaired) electrons. The third-order valence-electron chi connectivity index (χ3n) is 1.95. The highest BCUT2D eigenvalue weighted by Crippen LogP contribution is 2.04. The zero-order chi connectivity index (χ0) is 11.7. The lowest BCUT2D eigenvalue weighted by molar-refractivity contribution is -0.143. The van der Waals surface area contributed by atoms with Gasteiger partial charge in [0, 0.05) is 12.8 Å². The molecule has 0 bridgehead atoms. The molecule has 0 aromatic carbocycles. The normalized spacial score (nSPS) is 9.67. The molecule has 0 aliphatic heterocycles. The van der Waals surface area contributed by atoms with E-state index in [2.05, 4.69) is 4.74 Å². The lowest BCUT2D eigenvalue weighted by atomic mass is 10.1. The van der Waals surface area contributed by atoms with Crippen LogP contribution in [0.1, 0.15) is 38.5 Å². The van der Waals surface area contributed by atoms with Gasteiger partial charge in [0.05, 0.1) is 7.11 Å². The molecule has 0 fully saturated rings. The number of carbonyl (C=O) groups excluding carboxylic acids is 3. The number of carbonyl (C=O) groups is 3. The van der Waals surface area contributed by atoms with Crippen LogP contribution in [0.5, 0.6) is 0 Å². The zero-order valence-corrected chi connectivity index (χ0v) is 8.95. The Bertz CT molecular complexity index is 238. The predicted octanol–water partition coefficient (Wildman–Crippen LogP) is 0.554. The Hall–Kier alpha value is -1.39. The quantitative estimate of drug-likeness (QED) is 0.364. The summed E-state index contributed by atoms with van der Waals surface area (Å²) in [5, 5.41) is 0. The van der Waals surface area contributed by atoms with Crippen molar-refractivity contribution in [2.45, 2.75) is 38.5 Å². The molecule has 0 aliphatic carbocycles. The number of Topliss-reactive ketones (excluding diaryl/α,β-unsaturated/α-hetero) is 1. The van der Waals surface area contributed by atoms with E-state index in [9.17, 15) is 14.4 Å². The molecule has 0 aromatic heterocycles. The highest BCUT2D eigenvalue weighted by molar-refractivity contribution is 5.95. The van der Waals surface area contributed by atoms with Gasteiger partial charge >= 0.3 is 5.97 Å². The number of ketones is 1. The Morgan fingerprint density at radius 3 is 2.20 bits per heavy atom. The van der Waals surface area contributed by atoms with Crippen LogP contribution in [0, 0.1) is 0 Å². The first-order valence-corrected chi connectivity index (χ1v) is 4.93. The van der Waals surface area contributed by atoms with E-state index in [-0.39, 0.29) is 18.1 Å². The molecular formula is C10H17NO4. The van der Waals surface area contributed by atoms with Crippen molar-refractivity contribution in [1.82, 2.24) is 0 Å². The Morgan fingerprint density at radius 1 is 1.07 bits per heavy atom. The minimum absolute atomic E-state index is 0.124. The van der Waals surface area contributed by atoms with E-state index >= 15 is 0 Å². The standard InChI is InChI=1S/C10H17NO4/c1-15-10(14)7-8(12)5-3-2-4-6-9(11)13/h2-7H2,1H3,(H2,11,13). The van der Waals surface area contributed by atoms with Gasteiger partial charge in [-0.2, -0.15) is 0 Å². The molecule has 5 heteroatoms. The molecule has 0 rings (SSSR count). The maximum atomic E-state index is 11.1. The molecule has 15 heavy (non-hydrogen) atoms. The summed E-state index contributed by atoms with van der Waals surface area (Å²) in [4.78, 5) is 32.2. The number of nitrogens with two attached hydrogens (primary N) is 1. The Labute approximate surface area is 89.0 Å². The predicted molar refractivity (Wildman–Crippen MR) is 53.9 cm³/mol. The SMILES string of the molecule is COC(=O)CC(=O)CCCCCC(N)=O. The molecule has 86 valence electrons. The highest BCUT2D eigenvalue weighted by Gasteiger charge is 2.08. The van der Waals surface area contributed by atoms with Crippen molar-refractivity contribution in [3.05, 3.63) is 0 Å². The first-order valence-electron chi connectivity index (χ1n) is 4.93. The van der Waals surface area contributed by atoms with E-state index in [1.807, 2.05) is 0 Å². The maximum absolute atomic E-state index is 11.1. The second kappa shape index (κ2) is 7.96. The maximum Gasteiger partial charge on any atom is 0.313 e. The summed E-state index contributed by atoms with van der Waals surface area (Å²) >= 11 is 0. The first kappa shape index (κ1) is 13.6. The van der Waals surface area contributed by atoms with Crippen LogP contribution in [0.4, 0.5) is 0 Å². The van der Waals surface area contributed by atoms with Gasteiger partial charge in [0.25, 0.3) is 0 Å². The number of methoxy groups -OCH3 is 1. The number of esters is 1. The number of rotatable bonds is 8. The number of unbranched alkanes of at least 4 members (excludes halogenated alkanes) is 2. The van der Waals surface area contributed by atoms with Gasteiger partial charge in [0.1, 0.15) is 12.2 Å². The van der Waals surface area contributed by atoms with Crippen molar-refractivity contribution < 1.29 is 19.1 Å². The Kier molecular flexibility index (Phi) is 7.23. The smallest absolute Gasteiger partial charge is 0.313 e. The van der Waals surface area contributed by atoms with Gasteiger partial charge < -0.3 is 10.5 Å². The number of hydrogen-bond acceptors (Lipinski definition) is 4. The van der Waals surface area contributed by atoms with Gasteiger partial charge in [-0.1, -0.05) is 6.42 Å². The topological polar surface area (TPSA) is 86.5 Å². The number of amides is 1. The second-order valence-corrected chi connectivity index (χ2v) is 3.32. The van der Waals surface area contributed by atoms with Gasteiger partial charge in [-0.15, -0.1) is 0 Å². The minimum Gasteiger partial charge on any atom is -0.469 e. The van der Waals surface area contributed by atoms with Crippen LogP contribution in [-0.2, 0) is 19.1 Å². The van der Waals surface area contributed by atoms with Crippen LogP contribution in [0.3, 0.4) is 0 Å². The summed E-state index contributed by atoms with van der Waals surface area (Å²) in [6, 6.07) is 0. The average molecular weight is 215 g/mol. The summed E-state index contributed by atoms with van der Waals surface area (Å²) in [5.41, 5.74) is 4.95. The van der Waals surface area contributed by atoms with Crippen molar-refractivity contribution in [3.8, 4) is 0 Å². The molecule has 0 spiro atoms. The van der Waals surface area contributed by atoms with E-state index in [0.29, 0.717) is 25.7 Å². The summed E-state index contributed by atoms with van der Waals surface area (Å²) < 4.78 is 4.36. The summed E-state index contributed by atoms with van der Waals surface area (Å²) in [6.07, 6.45) is 2.70. The fraction of sp³-hybridized carbons (Fsp3) is 0.700. The van der Waals surface area contributed by atoms with Crippen LogP contribution >= 0.6 is 0 Å². The van der Waals surface area contributed by atoms with Crippen molar-refractivity contribution in [2.75, 3.05) is 7.11 Å². The third-order valence-corrected chi connectivity index (χ3v) is 1.95. The molecule has 2 N–H and O–H groups in total. The second-order valence-electron chi connectivity index (χ2n) is 3.32. The van der Waals surface area contributed by atoms with Gasteiger partial charge in [-0.05, 0) is 12.8 Å². The number of hydrogen-bond donors (Lipinski definition) is 1. The molecule has 5 nitrogen and oxygen atoms in total. The van der Waals surface area contributed by atoms with Crippen molar-refractivity contribution >= 4 is 17.7 Å². The minimum atomic E-state index is -0.503. The fourth-order valence-electron chi connectivity index (χ4n) is 1.12. The monoisotopic (exact) mass is 215 g/mol. The van der Waals surface area contributed by atoms with E-state index in [1.165, 1.54) is 7.11 Å². The molecule has 0 aromatic rings. The Morgan fingerprint density at radius 2 is 1.67 bits per heavy atom. The summed E-state index contributed by atoms with van der Waals surface area (Å²) in [5.74, 6) is -0.950. The summed E-state index contributed by atoms with van der Waals surface area (Å²) in [7, 11) is 1.25. The Balaban J connectivity index is 3.39. The van der Waals surface area contributed by atoms with Crippen molar-refractivity contribution in [1.29, 1.82) is 0 Å². The molecule has 0 saturated heterocycles. The number of primary amides is 1. The van der Waals surface area contributed by atoms with Crippen molar-refractivity contribution in [2.24, 2.45) is 5.73 Å². The van der Waals surface area contributed by atoms with E-state index in [4.69, 9.17) is 5.73 Å². The fourth-order valence-corrected chi connectivity index (χ4v) is 1.12. The van der Waals surface area contributed by atoms with E-state index in [1.54, 1.807) is 0 Å². The molecule has 0 saturated carbocycles. The van der Waals surface area contributed by atoms with Crippen LogP contribution in [0.15, 0.2) is 0 Å². The largest absolute Gasteiger partial charge is 0.469 e. The van der Waals surface area contributed by atoms with Crippen LogP contribution < -0.4 is 5.73 Å². The van der Waals surface area contributed by atoms with E-state index < -0.39 is 5.97 Å². The van der Waals surface area contributed by atoms with Crippen LogP contribution in [-0.4, -0.2) is 24.8 Å².